The Morgan fingerprint density at radius 3 is 2.50 bits per heavy atom. The Balaban J connectivity index is 0.00000324. The molecule has 1 saturated heterocycles. The molecule has 0 spiro atoms. The molecule has 0 atom stereocenters. The summed E-state index contributed by atoms with van der Waals surface area (Å²) in [5.41, 5.74) is 3.51. The van der Waals surface area contributed by atoms with Crippen LogP contribution < -0.4 is 14.4 Å². The summed E-state index contributed by atoms with van der Waals surface area (Å²) in [6.45, 7) is 8.90. The van der Waals surface area contributed by atoms with E-state index in [4.69, 9.17) is 19.2 Å². The van der Waals surface area contributed by atoms with E-state index >= 15 is 0 Å². The summed E-state index contributed by atoms with van der Waals surface area (Å²) < 4.78 is 17.4. The Morgan fingerprint density at radius 1 is 1.12 bits per heavy atom. The van der Waals surface area contributed by atoms with Crippen molar-refractivity contribution in [3.63, 3.8) is 0 Å². The SMILES string of the molecule is COc1ccc(OC)c2sc(N(CCCN3CCOCC3)C(=O)c3ccc(C)cc3C)nc12.Cl. The number of halogens is 1. The number of carbonyl (C=O) groups is 1. The highest BCUT2D eigenvalue weighted by molar-refractivity contribution is 7.22. The highest BCUT2D eigenvalue weighted by atomic mass is 35.5. The van der Waals surface area contributed by atoms with E-state index in [0.29, 0.717) is 28.5 Å². The number of hydrogen-bond donors (Lipinski definition) is 0. The van der Waals surface area contributed by atoms with Crippen LogP contribution in [0.1, 0.15) is 27.9 Å². The number of aromatic nitrogens is 1. The second-order valence-corrected chi connectivity index (χ2v) is 9.20. The van der Waals surface area contributed by atoms with Gasteiger partial charge in [-0.2, -0.15) is 0 Å². The number of aryl methyl sites for hydroxylation is 2. The molecule has 0 aliphatic carbocycles. The third-order valence-corrected chi connectivity index (χ3v) is 7.04. The van der Waals surface area contributed by atoms with Crippen molar-refractivity contribution >= 4 is 45.0 Å². The molecule has 184 valence electrons. The van der Waals surface area contributed by atoms with Gasteiger partial charge in [-0.1, -0.05) is 29.0 Å². The lowest BCUT2D eigenvalue weighted by molar-refractivity contribution is 0.0376. The molecule has 34 heavy (non-hydrogen) atoms. The minimum Gasteiger partial charge on any atom is -0.495 e. The number of hydrogen-bond acceptors (Lipinski definition) is 7. The highest BCUT2D eigenvalue weighted by Crippen LogP contribution is 2.40. The molecule has 0 N–H and O–H groups in total. The zero-order chi connectivity index (χ0) is 23.4. The lowest BCUT2D eigenvalue weighted by Crippen LogP contribution is -2.39. The Labute approximate surface area is 211 Å². The topological polar surface area (TPSA) is 64.1 Å². The van der Waals surface area contributed by atoms with Gasteiger partial charge < -0.3 is 14.2 Å². The van der Waals surface area contributed by atoms with Crippen molar-refractivity contribution in [3.8, 4) is 11.5 Å². The number of amides is 1. The van der Waals surface area contributed by atoms with E-state index in [1.807, 2.05) is 49.1 Å². The van der Waals surface area contributed by atoms with Crippen molar-refractivity contribution in [2.45, 2.75) is 20.3 Å². The molecule has 4 rings (SSSR count). The predicted molar refractivity (Wildman–Crippen MR) is 139 cm³/mol. The highest BCUT2D eigenvalue weighted by Gasteiger charge is 2.25. The molecule has 7 nitrogen and oxygen atoms in total. The minimum absolute atomic E-state index is 0. The fourth-order valence-electron chi connectivity index (χ4n) is 4.15. The molecule has 0 bridgehead atoms. The van der Waals surface area contributed by atoms with Crippen LogP contribution in [0.4, 0.5) is 5.13 Å². The molecule has 0 radical (unpaired) electrons. The molecule has 1 aliphatic heterocycles. The quantitative estimate of drug-likeness (QED) is 0.441. The average molecular weight is 506 g/mol. The first-order valence-electron chi connectivity index (χ1n) is 11.2. The van der Waals surface area contributed by atoms with Crippen LogP contribution >= 0.6 is 23.7 Å². The standard InChI is InChI=1S/C25H31N3O4S.ClH/c1-17-6-7-19(18(2)16-17)24(29)28(11-5-10-27-12-14-32-15-13-27)25-26-22-20(30-3)8-9-21(31-4)23(22)33-25;/h6-9,16H,5,10-15H2,1-4H3;1H. The van der Waals surface area contributed by atoms with Gasteiger partial charge in [0.25, 0.3) is 5.91 Å². The molecular weight excluding hydrogens is 474 g/mol. The summed E-state index contributed by atoms with van der Waals surface area (Å²) in [7, 11) is 3.27. The number of ether oxygens (including phenoxy) is 3. The zero-order valence-corrected chi connectivity index (χ0v) is 21.8. The van der Waals surface area contributed by atoms with Gasteiger partial charge in [0.1, 0.15) is 21.7 Å². The number of morpholine rings is 1. The van der Waals surface area contributed by atoms with Crippen LogP contribution in [0.25, 0.3) is 10.2 Å². The van der Waals surface area contributed by atoms with E-state index in [1.165, 1.54) is 11.3 Å². The first-order valence-corrected chi connectivity index (χ1v) is 12.0. The van der Waals surface area contributed by atoms with Gasteiger partial charge in [0, 0.05) is 31.7 Å². The van der Waals surface area contributed by atoms with Gasteiger partial charge in [0.2, 0.25) is 0 Å². The maximum Gasteiger partial charge on any atom is 0.260 e. The molecule has 3 aromatic rings. The second-order valence-electron chi connectivity index (χ2n) is 8.23. The van der Waals surface area contributed by atoms with Crippen molar-refractivity contribution in [1.29, 1.82) is 0 Å². The largest absolute Gasteiger partial charge is 0.495 e. The smallest absolute Gasteiger partial charge is 0.260 e. The molecule has 1 amide bonds. The van der Waals surface area contributed by atoms with Gasteiger partial charge in [0.05, 0.1) is 27.4 Å². The molecule has 0 saturated carbocycles. The van der Waals surface area contributed by atoms with Crippen LogP contribution in [-0.2, 0) is 4.74 Å². The van der Waals surface area contributed by atoms with Crippen molar-refractivity contribution in [3.05, 3.63) is 47.0 Å². The Morgan fingerprint density at radius 2 is 1.82 bits per heavy atom. The van der Waals surface area contributed by atoms with Gasteiger partial charge >= 0.3 is 0 Å². The maximum absolute atomic E-state index is 13.7. The Bertz CT molecular complexity index is 1090. The lowest BCUT2D eigenvalue weighted by Gasteiger charge is -2.28. The third-order valence-electron chi connectivity index (χ3n) is 5.95. The van der Waals surface area contributed by atoms with Crippen LogP contribution in [0.3, 0.4) is 0 Å². The molecule has 2 heterocycles. The number of anilines is 1. The van der Waals surface area contributed by atoms with Gasteiger partial charge in [-0.15, -0.1) is 12.4 Å². The maximum atomic E-state index is 13.7. The van der Waals surface area contributed by atoms with E-state index in [-0.39, 0.29) is 18.3 Å². The van der Waals surface area contributed by atoms with Gasteiger partial charge in [0.15, 0.2) is 5.13 Å². The van der Waals surface area contributed by atoms with E-state index < -0.39 is 0 Å². The summed E-state index contributed by atoms with van der Waals surface area (Å²) in [6, 6.07) is 9.66. The summed E-state index contributed by atoms with van der Waals surface area (Å²) in [5, 5.41) is 0.653. The van der Waals surface area contributed by atoms with Gasteiger partial charge in [-0.05, 0) is 44.0 Å². The van der Waals surface area contributed by atoms with Crippen molar-refractivity contribution < 1.29 is 19.0 Å². The third kappa shape index (κ3) is 5.63. The molecule has 2 aromatic carbocycles. The van der Waals surface area contributed by atoms with Crippen LogP contribution in [0.2, 0.25) is 0 Å². The van der Waals surface area contributed by atoms with Gasteiger partial charge in [-0.3, -0.25) is 14.6 Å². The summed E-state index contributed by atoms with van der Waals surface area (Å²) in [4.78, 5) is 22.8. The summed E-state index contributed by atoms with van der Waals surface area (Å²) >= 11 is 1.46. The molecule has 9 heteroatoms. The average Bonchev–Trinajstić information content (AvgIpc) is 3.26. The first-order chi connectivity index (χ1) is 16.0. The van der Waals surface area contributed by atoms with Gasteiger partial charge in [-0.25, -0.2) is 4.98 Å². The fourth-order valence-corrected chi connectivity index (χ4v) is 5.25. The zero-order valence-electron chi connectivity index (χ0n) is 20.1. The van der Waals surface area contributed by atoms with Crippen molar-refractivity contribution in [2.24, 2.45) is 0 Å². The minimum atomic E-state index is -0.0357. The van der Waals surface area contributed by atoms with E-state index in [2.05, 4.69) is 4.90 Å². The summed E-state index contributed by atoms with van der Waals surface area (Å²) in [6.07, 6.45) is 0.848. The van der Waals surface area contributed by atoms with Crippen LogP contribution in [0, 0.1) is 13.8 Å². The number of nitrogens with zero attached hydrogens (tertiary/aromatic N) is 3. The van der Waals surface area contributed by atoms with Crippen molar-refractivity contribution in [2.75, 3.05) is 58.5 Å². The van der Waals surface area contributed by atoms with E-state index in [1.54, 1.807) is 14.2 Å². The number of rotatable bonds is 8. The number of fused-ring (bicyclic) bond motifs is 1. The van der Waals surface area contributed by atoms with Crippen LogP contribution in [0.15, 0.2) is 30.3 Å². The number of methoxy groups -OCH3 is 2. The van der Waals surface area contributed by atoms with E-state index in [9.17, 15) is 4.79 Å². The normalized spacial score (nSPS) is 14.0. The molecule has 1 aliphatic rings. The van der Waals surface area contributed by atoms with Crippen LogP contribution in [-0.4, -0.2) is 69.4 Å². The summed E-state index contributed by atoms with van der Waals surface area (Å²) in [5.74, 6) is 1.36. The second kappa shape index (κ2) is 11.8. The Hall–Kier alpha value is -2.39. The Kier molecular flexibility index (Phi) is 9.13. The number of thiazole rings is 1. The fraction of sp³-hybridized carbons (Fsp3) is 0.440. The predicted octanol–water partition coefficient (Wildman–Crippen LogP) is 4.72. The number of benzene rings is 2. The lowest BCUT2D eigenvalue weighted by atomic mass is 10.0. The molecule has 0 unspecified atom stereocenters. The first kappa shape index (κ1) is 26.2. The van der Waals surface area contributed by atoms with E-state index in [0.717, 1.165) is 60.8 Å². The molecule has 1 aromatic heterocycles. The molecule has 1 fully saturated rings. The van der Waals surface area contributed by atoms with Crippen molar-refractivity contribution in [1.82, 2.24) is 9.88 Å². The molecular formula is C25H32ClN3O4S. The number of carbonyl (C=O) groups excluding carboxylic acids is 1. The van der Waals surface area contributed by atoms with Crippen LogP contribution in [0.5, 0.6) is 11.5 Å². The monoisotopic (exact) mass is 505 g/mol.